The fourth-order valence-corrected chi connectivity index (χ4v) is 3.24. The molecule has 1 unspecified atom stereocenters. The summed E-state index contributed by atoms with van der Waals surface area (Å²) in [4.78, 5) is 18.3. The lowest BCUT2D eigenvalue weighted by Gasteiger charge is -2.34. The summed E-state index contributed by atoms with van der Waals surface area (Å²) in [6, 6.07) is 0.468. The number of morpholine rings is 1. The molecule has 0 aromatic carbocycles. The zero-order chi connectivity index (χ0) is 14.0. The van der Waals surface area contributed by atoms with Crippen LogP contribution in [0.15, 0.2) is 0 Å². The number of carboxylic acids is 1. The van der Waals surface area contributed by atoms with Crippen LogP contribution < -0.4 is 0 Å². The molecule has 2 heterocycles. The first-order valence-electron chi connectivity index (χ1n) is 6.61. The standard InChI is InChI=1S/C13H20N2O3S/c1-4-9-11(13(16)17)19-12(14-9)10-7-15(8(2)3)5-6-18-10/h8,10H,4-7H2,1-3H3,(H,16,17). The predicted molar refractivity (Wildman–Crippen MR) is 73.9 cm³/mol. The maximum Gasteiger partial charge on any atom is 0.347 e. The zero-order valence-electron chi connectivity index (χ0n) is 11.5. The second-order valence-electron chi connectivity index (χ2n) is 4.93. The van der Waals surface area contributed by atoms with Gasteiger partial charge in [0, 0.05) is 19.1 Å². The van der Waals surface area contributed by atoms with Crippen LogP contribution in [-0.4, -0.2) is 46.7 Å². The maximum absolute atomic E-state index is 11.2. The first kappa shape index (κ1) is 14.4. The van der Waals surface area contributed by atoms with E-state index in [0.717, 1.165) is 18.1 Å². The molecule has 1 N–H and O–H groups in total. The summed E-state index contributed by atoms with van der Waals surface area (Å²) in [7, 11) is 0. The van der Waals surface area contributed by atoms with Crippen molar-refractivity contribution in [2.24, 2.45) is 0 Å². The highest BCUT2D eigenvalue weighted by atomic mass is 32.1. The molecule has 1 aromatic heterocycles. The van der Waals surface area contributed by atoms with Crippen molar-refractivity contribution in [1.82, 2.24) is 9.88 Å². The Morgan fingerprint density at radius 1 is 1.63 bits per heavy atom. The highest BCUT2D eigenvalue weighted by molar-refractivity contribution is 7.13. The van der Waals surface area contributed by atoms with Gasteiger partial charge in [-0.3, -0.25) is 4.90 Å². The van der Waals surface area contributed by atoms with Gasteiger partial charge in [0.1, 0.15) is 16.0 Å². The fourth-order valence-electron chi connectivity index (χ4n) is 2.20. The number of hydrogen-bond donors (Lipinski definition) is 1. The van der Waals surface area contributed by atoms with Gasteiger partial charge in [-0.2, -0.15) is 0 Å². The summed E-state index contributed by atoms with van der Waals surface area (Å²) < 4.78 is 5.75. The lowest BCUT2D eigenvalue weighted by molar-refractivity contribution is -0.0403. The molecule has 5 nitrogen and oxygen atoms in total. The molecule has 0 radical (unpaired) electrons. The van der Waals surface area contributed by atoms with Crippen LogP contribution in [0.5, 0.6) is 0 Å². The number of aryl methyl sites for hydroxylation is 1. The summed E-state index contributed by atoms with van der Waals surface area (Å²) in [5, 5.41) is 9.96. The van der Waals surface area contributed by atoms with E-state index >= 15 is 0 Å². The van der Waals surface area contributed by atoms with Gasteiger partial charge in [0.05, 0.1) is 12.3 Å². The van der Waals surface area contributed by atoms with E-state index < -0.39 is 5.97 Å². The van der Waals surface area contributed by atoms with E-state index in [-0.39, 0.29) is 6.10 Å². The van der Waals surface area contributed by atoms with E-state index in [1.54, 1.807) is 0 Å². The minimum absolute atomic E-state index is 0.0976. The second kappa shape index (κ2) is 5.98. The van der Waals surface area contributed by atoms with Crippen LogP contribution >= 0.6 is 11.3 Å². The van der Waals surface area contributed by atoms with E-state index in [9.17, 15) is 4.79 Å². The molecule has 0 aliphatic carbocycles. The van der Waals surface area contributed by atoms with Gasteiger partial charge in [0.15, 0.2) is 0 Å². The fraction of sp³-hybridized carbons (Fsp3) is 0.692. The van der Waals surface area contributed by atoms with Crippen LogP contribution in [0, 0.1) is 0 Å². The third-order valence-corrected chi connectivity index (χ3v) is 4.52. The Bertz CT molecular complexity index is 459. The normalized spacial score (nSPS) is 20.9. The Balaban J connectivity index is 2.19. The average molecular weight is 284 g/mol. The molecule has 1 aliphatic rings. The third-order valence-electron chi connectivity index (χ3n) is 3.35. The number of aromatic nitrogens is 1. The van der Waals surface area contributed by atoms with E-state index in [2.05, 4.69) is 23.7 Å². The topological polar surface area (TPSA) is 62.7 Å². The summed E-state index contributed by atoms with van der Waals surface area (Å²) in [6.45, 7) is 8.62. The van der Waals surface area contributed by atoms with Crippen molar-refractivity contribution < 1.29 is 14.6 Å². The maximum atomic E-state index is 11.2. The van der Waals surface area contributed by atoms with Crippen molar-refractivity contribution in [1.29, 1.82) is 0 Å². The van der Waals surface area contributed by atoms with Gasteiger partial charge >= 0.3 is 5.97 Å². The molecule has 6 heteroatoms. The number of thiazole rings is 1. The molecule has 0 saturated carbocycles. The smallest absolute Gasteiger partial charge is 0.347 e. The number of carboxylic acid groups (broad SMARTS) is 1. The average Bonchev–Trinajstić information content (AvgIpc) is 2.83. The number of carbonyl (C=O) groups is 1. The molecule has 0 bridgehead atoms. The molecule has 2 rings (SSSR count). The molecular weight excluding hydrogens is 264 g/mol. The van der Waals surface area contributed by atoms with Crippen molar-refractivity contribution in [3.8, 4) is 0 Å². The van der Waals surface area contributed by atoms with Crippen molar-refractivity contribution >= 4 is 17.3 Å². The SMILES string of the molecule is CCc1nc(C2CN(C(C)C)CCO2)sc1C(=O)O. The first-order valence-corrected chi connectivity index (χ1v) is 7.43. The third kappa shape index (κ3) is 3.13. The Kier molecular flexibility index (Phi) is 4.54. The van der Waals surface area contributed by atoms with Crippen molar-refractivity contribution in [3.05, 3.63) is 15.6 Å². The lowest BCUT2D eigenvalue weighted by atomic mass is 10.2. The zero-order valence-corrected chi connectivity index (χ0v) is 12.4. The quantitative estimate of drug-likeness (QED) is 0.918. The molecule has 1 fully saturated rings. The van der Waals surface area contributed by atoms with E-state index in [1.807, 2.05) is 6.92 Å². The highest BCUT2D eigenvalue weighted by Crippen LogP contribution is 2.29. The molecule has 1 aliphatic heterocycles. The lowest BCUT2D eigenvalue weighted by Crippen LogP contribution is -2.42. The molecule has 0 spiro atoms. The van der Waals surface area contributed by atoms with Crippen molar-refractivity contribution in [2.75, 3.05) is 19.7 Å². The molecule has 1 atom stereocenters. The van der Waals surface area contributed by atoms with Crippen LogP contribution in [-0.2, 0) is 11.2 Å². The summed E-state index contributed by atoms with van der Waals surface area (Å²) in [5.41, 5.74) is 0.665. The summed E-state index contributed by atoms with van der Waals surface area (Å²) in [6.07, 6.45) is 0.540. The largest absolute Gasteiger partial charge is 0.477 e. The van der Waals surface area contributed by atoms with Crippen LogP contribution in [0.1, 0.15) is 47.2 Å². The van der Waals surface area contributed by atoms with Crippen molar-refractivity contribution in [3.63, 3.8) is 0 Å². The summed E-state index contributed by atoms with van der Waals surface area (Å²) in [5.74, 6) is -0.892. The first-order chi connectivity index (χ1) is 9.02. The van der Waals surface area contributed by atoms with Crippen LogP contribution in [0.25, 0.3) is 0 Å². The molecule has 106 valence electrons. The molecule has 0 amide bonds. The Morgan fingerprint density at radius 3 is 2.89 bits per heavy atom. The van der Waals surface area contributed by atoms with Gasteiger partial charge in [-0.25, -0.2) is 9.78 Å². The molecule has 1 aromatic rings. The Labute approximate surface area is 117 Å². The number of nitrogens with zero attached hydrogens (tertiary/aromatic N) is 2. The van der Waals surface area contributed by atoms with Gasteiger partial charge < -0.3 is 9.84 Å². The van der Waals surface area contributed by atoms with Gasteiger partial charge in [0.25, 0.3) is 0 Å². The van der Waals surface area contributed by atoms with Gasteiger partial charge in [-0.1, -0.05) is 6.92 Å². The minimum atomic E-state index is -0.892. The summed E-state index contributed by atoms with van der Waals surface area (Å²) >= 11 is 1.25. The van der Waals surface area contributed by atoms with Gasteiger partial charge in [-0.15, -0.1) is 11.3 Å². The van der Waals surface area contributed by atoms with Crippen molar-refractivity contribution in [2.45, 2.75) is 39.3 Å². The number of aromatic carboxylic acids is 1. The van der Waals surface area contributed by atoms with Crippen LogP contribution in [0.2, 0.25) is 0 Å². The van der Waals surface area contributed by atoms with Crippen LogP contribution in [0.4, 0.5) is 0 Å². The molecule has 1 saturated heterocycles. The number of hydrogen-bond acceptors (Lipinski definition) is 5. The monoisotopic (exact) mass is 284 g/mol. The number of rotatable bonds is 4. The Hall–Kier alpha value is -0.980. The minimum Gasteiger partial charge on any atom is -0.477 e. The van der Waals surface area contributed by atoms with Gasteiger partial charge in [-0.05, 0) is 20.3 Å². The highest BCUT2D eigenvalue weighted by Gasteiger charge is 2.28. The second-order valence-corrected chi connectivity index (χ2v) is 5.97. The predicted octanol–water partition coefficient (Wildman–Crippen LogP) is 2.19. The molecular formula is C13H20N2O3S. The van der Waals surface area contributed by atoms with E-state index in [1.165, 1.54) is 11.3 Å². The van der Waals surface area contributed by atoms with Gasteiger partial charge in [0.2, 0.25) is 0 Å². The molecule has 19 heavy (non-hydrogen) atoms. The number of ether oxygens (including phenoxy) is 1. The Morgan fingerprint density at radius 2 is 2.37 bits per heavy atom. The van der Waals surface area contributed by atoms with E-state index in [4.69, 9.17) is 9.84 Å². The van der Waals surface area contributed by atoms with Crippen LogP contribution in [0.3, 0.4) is 0 Å². The van der Waals surface area contributed by atoms with E-state index in [0.29, 0.717) is 29.6 Å².